The van der Waals surface area contributed by atoms with Gasteiger partial charge in [0.15, 0.2) is 0 Å². The number of rotatable bonds is 1. The Morgan fingerprint density at radius 1 is 1.11 bits per heavy atom. The van der Waals surface area contributed by atoms with Crippen LogP contribution >= 0.6 is 0 Å². The second-order valence-electron chi connectivity index (χ2n) is 5.38. The summed E-state index contributed by atoms with van der Waals surface area (Å²) in [6.07, 6.45) is 8.10. The van der Waals surface area contributed by atoms with Crippen LogP contribution in [0.2, 0.25) is 0 Å². The van der Waals surface area contributed by atoms with Gasteiger partial charge in [0.1, 0.15) is 0 Å². The van der Waals surface area contributed by atoms with Crippen molar-refractivity contribution >= 4 is 11.9 Å². The lowest BCUT2D eigenvalue weighted by molar-refractivity contribution is -0.129. The molecule has 1 atom stereocenters. The number of carbonyl (C=O) groups is 2. The molecule has 1 saturated heterocycles. The summed E-state index contributed by atoms with van der Waals surface area (Å²) in [4.78, 5) is 25.4. The van der Waals surface area contributed by atoms with Crippen LogP contribution in [0.5, 0.6) is 0 Å². The molecule has 3 N–H and O–H groups in total. The molecule has 0 radical (unpaired) electrons. The van der Waals surface area contributed by atoms with Crippen LogP contribution in [-0.4, -0.2) is 35.5 Å². The standard InChI is InChI=1S/C13H23N3O2/c14-11-8-4-5-9-16(12(11)17)13(18)15-10-6-2-1-3-7-10/h10-11H,1-9,14H2,(H,15,18)/t11-/m1/s1. The summed E-state index contributed by atoms with van der Waals surface area (Å²) in [5.41, 5.74) is 5.77. The molecule has 0 bridgehead atoms. The van der Waals surface area contributed by atoms with E-state index in [4.69, 9.17) is 5.73 Å². The summed E-state index contributed by atoms with van der Waals surface area (Å²) in [7, 11) is 0. The normalized spacial score (nSPS) is 26.8. The Morgan fingerprint density at radius 2 is 1.78 bits per heavy atom. The highest BCUT2D eigenvalue weighted by atomic mass is 16.2. The van der Waals surface area contributed by atoms with Gasteiger partial charge >= 0.3 is 6.03 Å². The molecule has 1 heterocycles. The Balaban J connectivity index is 1.91. The zero-order chi connectivity index (χ0) is 13.0. The van der Waals surface area contributed by atoms with Crippen molar-refractivity contribution in [1.29, 1.82) is 0 Å². The molecule has 18 heavy (non-hydrogen) atoms. The van der Waals surface area contributed by atoms with E-state index >= 15 is 0 Å². The van der Waals surface area contributed by atoms with Crippen molar-refractivity contribution in [2.75, 3.05) is 6.54 Å². The molecular formula is C13H23N3O2. The topological polar surface area (TPSA) is 75.4 Å². The van der Waals surface area contributed by atoms with Crippen LogP contribution in [0.25, 0.3) is 0 Å². The van der Waals surface area contributed by atoms with Gasteiger partial charge < -0.3 is 11.1 Å². The fourth-order valence-electron chi connectivity index (χ4n) is 2.77. The van der Waals surface area contributed by atoms with Crippen molar-refractivity contribution < 1.29 is 9.59 Å². The third-order valence-corrected chi connectivity index (χ3v) is 3.91. The van der Waals surface area contributed by atoms with Gasteiger partial charge in [-0.05, 0) is 32.1 Å². The maximum Gasteiger partial charge on any atom is 0.324 e. The van der Waals surface area contributed by atoms with Crippen LogP contribution in [-0.2, 0) is 4.79 Å². The Kier molecular flexibility index (Phi) is 4.58. The number of nitrogens with zero attached hydrogens (tertiary/aromatic N) is 1. The van der Waals surface area contributed by atoms with Gasteiger partial charge in [0.25, 0.3) is 0 Å². The van der Waals surface area contributed by atoms with Gasteiger partial charge in [-0.2, -0.15) is 0 Å². The van der Waals surface area contributed by atoms with Crippen LogP contribution < -0.4 is 11.1 Å². The van der Waals surface area contributed by atoms with Crippen molar-refractivity contribution in [3.8, 4) is 0 Å². The predicted octanol–water partition coefficient (Wildman–Crippen LogP) is 1.37. The van der Waals surface area contributed by atoms with Gasteiger partial charge in [0, 0.05) is 12.6 Å². The molecule has 0 aromatic carbocycles. The highest BCUT2D eigenvalue weighted by Crippen LogP contribution is 2.18. The van der Waals surface area contributed by atoms with Crippen LogP contribution in [0.1, 0.15) is 51.4 Å². The zero-order valence-corrected chi connectivity index (χ0v) is 10.9. The van der Waals surface area contributed by atoms with Gasteiger partial charge in [-0.1, -0.05) is 19.3 Å². The van der Waals surface area contributed by atoms with E-state index < -0.39 is 6.04 Å². The number of carbonyl (C=O) groups excluding carboxylic acids is 2. The molecule has 1 saturated carbocycles. The highest BCUT2D eigenvalue weighted by Gasteiger charge is 2.29. The van der Waals surface area contributed by atoms with Gasteiger partial charge in [-0.25, -0.2) is 4.79 Å². The average molecular weight is 253 g/mol. The summed E-state index contributed by atoms with van der Waals surface area (Å²) in [5, 5.41) is 2.98. The van der Waals surface area contributed by atoms with Crippen molar-refractivity contribution in [3.05, 3.63) is 0 Å². The molecule has 0 spiro atoms. The maximum atomic E-state index is 12.1. The van der Waals surface area contributed by atoms with Crippen LogP contribution in [0.4, 0.5) is 4.79 Å². The number of hydrogen-bond acceptors (Lipinski definition) is 3. The zero-order valence-electron chi connectivity index (χ0n) is 10.9. The minimum Gasteiger partial charge on any atom is -0.335 e. The van der Waals surface area contributed by atoms with Gasteiger partial charge in [0.05, 0.1) is 6.04 Å². The van der Waals surface area contributed by atoms with Crippen LogP contribution in [0.3, 0.4) is 0 Å². The minimum absolute atomic E-state index is 0.221. The molecule has 2 aliphatic rings. The first-order valence-electron chi connectivity index (χ1n) is 7.06. The van der Waals surface area contributed by atoms with E-state index in [-0.39, 0.29) is 18.0 Å². The molecule has 2 rings (SSSR count). The van der Waals surface area contributed by atoms with Crippen LogP contribution in [0.15, 0.2) is 0 Å². The highest BCUT2D eigenvalue weighted by molar-refractivity contribution is 5.97. The number of urea groups is 1. The van der Waals surface area contributed by atoms with Gasteiger partial charge in [0.2, 0.25) is 5.91 Å². The van der Waals surface area contributed by atoms with Crippen molar-refractivity contribution in [1.82, 2.24) is 10.2 Å². The Morgan fingerprint density at radius 3 is 2.50 bits per heavy atom. The monoisotopic (exact) mass is 253 g/mol. The quantitative estimate of drug-likeness (QED) is 0.741. The van der Waals surface area contributed by atoms with E-state index in [2.05, 4.69) is 5.32 Å². The molecule has 0 aromatic rings. The van der Waals surface area contributed by atoms with Gasteiger partial charge in [-0.3, -0.25) is 9.69 Å². The number of nitrogens with one attached hydrogen (secondary N) is 1. The lowest BCUT2D eigenvalue weighted by Gasteiger charge is -2.27. The third kappa shape index (κ3) is 3.22. The Hall–Kier alpha value is -1.10. The molecule has 3 amide bonds. The number of amides is 3. The molecule has 5 nitrogen and oxygen atoms in total. The summed E-state index contributed by atoms with van der Waals surface area (Å²) in [6.45, 7) is 0.505. The molecule has 1 aliphatic carbocycles. The molecule has 102 valence electrons. The second-order valence-corrected chi connectivity index (χ2v) is 5.38. The lowest BCUT2D eigenvalue weighted by Crippen LogP contribution is -2.52. The fourth-order valence-corrected chi connectivity index (χ4v) is 2.77. The first-order chi connectivity index (χ1) is 8.68. The molecule has 0 aromatic heterocycles. The van der Waals surface area contributed by atoms with E-state index in [1.807, 2.05) is 0 Å². The molecule has 1 aliphatic heterocycles. The maximum absolute atomic E-state index is 12.1. The summed E-state index contributed by atoms with van der Waals surface area (Å²) in [5.74, 6) is -0.221. The largest absolute Gasteiger partial charge is 0.335 e. The Bertz CT molecular complexity index is 313. The number of nitrogens with two attached hydrogens (primary N) is 1. The first-order valence-corrected chi connectivity index (χ1v) is 7.06. The van der Waals surface area contributed by atoms with E-state index in [1.165, 1.54) is 24.2 Å². The van der Waals surface area contributed by atoms with Crippen molar-refractivity contribution in [3.63, 3.8) is 0 Å². The van der Waals surface area contributed by atoms with E-state index in [9.17, 15) is 9.59 Å². The SMILES string of the molecule is N[C@@H]1CCCCN(C(=O)NC2CCCCC2)C1=O. The van der Waals surface area contributed by atoms with E-state index in [1.54, 1.807) is 0 Å². The molecule has 0 unspecified atom stereocenters. The molecular weight excluding hydrogens is 230 g/mol. The number of hydrogen-bond donors (Lipinski definition) is 2. The third-order valence-electron chi connectivity index (χ3n) is 3.91. The lowest BCUT2D eigenvalue weighted by atomic mass is 9.96. The summed E-state index contributed by atoms with van der Waals surface area (Å²) >= 11 is 0. The number of likely N-dealkylation sites (tertiary alicyclic amines) is 1. The summed E-state index contributed by atoms with van der Waals surface area (Å²) in [6, 6.07) is -0.521. The minimum atomic E-state index is -0.510. The summed E-state index contributed by atoms with van der Waals surface area (Å²) < 4.78 is 0. The second kappa shape index (κ2) is 6.18. The first kappa shape index (κ1) is 13.3. The van der Waals surface area contributed by atoms with Crippen LogP contribution in [0, 0.1) is 0 Å². The molecule has 2 fully saturated rings. The van der Waals surface area contributed by atoms with Gasteiger partial charge in [-0.15, -0.1) is 0 Å². The Labute approximate surface area is 108 Å². The van der Waals surface area contributed by atoms with Crippen molar-refractivity contribution in [2.45, 2.75) is 63.5 Å². The molecule has 5 heteroatoms. The van der Waals surface area contributed by atoms with E-state index in [0.29, 0.717) is 13.0 Å². The smallest absolute Gasteiger partial charge is 0.324 e. The fraction of sp³-hybridized carbons (Fsp3) is 0.846. The average Bonchev–Trinajstić information content (AvgIpc) is 2.54. The van der Waals surface area contributed by atoms with Crippen molar-refractivity contribution in [2.24, 2.45) is 5.73 Å². The predicted molar refractivity (Wildman–Crippen MR) is 68.9 cm³/mol. The van der Waals surface area contributed by atoms with E-state index in [0.717, 1.165) is 25.7 Å². The number of imide groups is 1.